The Balaban J connectivity index is 3.76. The summed E-state index contributed by atoms with van der Waals surface area (Å²) < 4.78 is 15.0. The lowest BCUT2D eigenvalue weighted by atomic mass is 9.75. The van der Waals surface area contributed by atoms with Gasteiger partial charge in [0.05, 0.1) is 6.61 Å². The van der Waals surface area contributed by atoms with Crippen molar-refractivity contribution in [1.29, 1.82) is 0 Å². The van der Waals surface area contributed by atoms with Crippen molar-refractivity contribution in [3.63, 3.8) is 0 Å². The molecule has 1 aliphatic rings. The van der Waals surface area contributed by atoms with Gasteiger partial charge in [-0.05, 0) is 6.92 Å². The third-order valence-electron chi connectivity index (χ3n) is 3.69. The normalized spacial score (nSPS) is 35.9. The molecule has 1 saturated heterocycles. The molecular weight excluding hydrogens is 328 g/mol. The minimum Gasteiger partial charge on any atom is -0.441 e. The Kier molecular flexibility index (Phi) is 5.82. The van der Waals surface area contributed by atoms with E-state index in [4.69, 9.17) is 14.2 Å². The van der Waals surface area contributed by atoms with E-state index >= 15 is 0 Å². The van der Waals surface area contributed by atoms with E-state index in [1.165, 1.54) is 0 Å². The van der Waals surface area contributed by atoms with Crippen molar-refractivity contribution >= 4 is 23.5 Å². The zero-order valence-electron chi connectivity index (χ0n) is 13.6. The van der Waals surface area contributed by atoms with Gasteiger partial charge in [-0.15, -0.1) is 0 Å². The predicted octanol–water partition coefficient (Wildman–Crippen LogP) is -2.16. The van der Waals surface area contributed by atoms with E-state index < -0.39 is 59.8 Å². The fraction of sp³-hybridized carbons (Fsp3) is 0.714. The maximum Gasteiger partial charge on any atom is 0.324 e. The summed E-state index contributed by atoms with van der Waals surface area (Å²) in [6.45, 7) is 2.66. The number of ether oxygens (including phenoxy) is 3. The Morgan fingerprint density at radius 1 is 0.958 bits per heavy atom. The van der Waals surface area contributed by atoms with Crippen LogP contribution in [0.3, 0.4) is 0 Å². The molecule has 1 fully saturated rings. The highest BCUT2D eigenvalue weighted by molar-refractivity contribution is 6.00. The Bertz CT molecular complexity index is 558. The van der Waals surface area contributed by atoms with Crippen molar-refractivity contribution in [3.05, 3.63) is 0 Å². The van der Waals surface area contributed by atoms with Gasteiger partial charge in [-0.2, -0.15) is 0 Å². The summed E-state index contributed by atoms with van der Waals surface area (Å²) in [5, 5.41) is 29.8. The SMILES string of the molecule is CC(=O)O[C@@]1(C(C)=O)O[C@H](CO)[C@@H](O)[C@H](O)[C@]1(OC(C)=O)C(C)=O. The number of carbonyl (C=O) groups excluding carboxylic acids is 4. The van der Waals surface area contributed by atoms with Crippen molar-refractivity contribution in [1.82, 2.24) is 0 Å². The Hall–Kier alpha value is -1.88. The van der Waals surface area contributed by atoms with E-state index in [-0.39, 0.29) is 0 Å². The molecule has 0 spiro atoms. The lowest BCUT2D eigenvalue weighted by Crippen LogP contribution is -2.80. The monoisotopic (exact) mass is 348 g/mol. The molecule has 1 aliphatic heterocycles. The van der Waals surface area contributed by atoms with Gasteiger partial charge in [-0.3, -0.25) is 19.2 Å². The Labute approximate surface area is 137 Å². The van der Waals surface area contributed by atoms with Crippen molar-refractivity contribution in [3.8, 4) is 0 Å². The summed E-state index contributed by atoms with van der Waals surface area (Å²) >= 11 is 0. The third-order valence-corrected chi connectivity index (χ3v) is 3.69. The molecule has 1 rings (SSSR count). The molecule has 0 radical (unpaired) electrons. The van der Waals surface area contributed by atoms with Gasteiger partial charge in [0, 0.05) is 20.8 Å². The molecule has 0 aromatic rings. The fourth-order valence-corrected chi connectivity index (χ4v) is 2.74. The van der Waals surface area contributed by atoms with Crippen LogP contribution in [0.5, 0.6) is 0 Å². The quantitative estimate of drug-likeness (QED) is 0.467. The van der Waals surface area contributed by atoms with Gasteiger partial charge in [0.25, 0.3) is 5.60 Å². The fourth-order valence-electron chi connectivity index (χ4n) is 2.74. The third kappa shape index (κ3) is 2.93. The molecule has 10 nitrogen and oxygen atoms in total. The van der Waals surface area contributed by atoms with Gasteiger partial charge < -0.3 is 29.5 Å². The summed E-state index contributed by atoms with van der Waals surface area (Å²) in [5.41, 5.74) is -2.83. The van der Waals surface area contributed by atoms with Gasteiger partial charge in [-0.1, -0.05) is 0 Å². The highest BCUT2D eigenvalue weighted by atomic mass is 16.8. The average molecular weight is 348 g/mol. The van der Waals surface area contributed by atoms with E-state index in [2.05, 4.69) is 0 Å². The van der Waals surface area contributed by atoms with Crippen LogP contribution in [0, 0.1) is 0 Å². The number of ketones is 2. The molecule has 5 atom stereocenters. The molecule has 0 aromatic carbocycles. The van der Waals surface area contributed by atoms with Gasteiger partial charge in [0.15, 0.2) is 5.78 Å². The van der Waals surface area contributed by atoms with E-state index in [1.807, 2.05) is 0 Å². The average Bonchev–Trinajstić information content (AvgIpc) is 2.45. The van der Waals surface area contributed by atoms with E-state index in [1.54, 1.807) is 0 Å². The van der Waals surface area contributed by atoms with Crippen LogP contribution in [-0.4, -0.2) is 75.1 Å². The van der Waals surface area contributed by atoms with Crippen LogP contribution < -0.4 is 0 Å². The summed E-state index contributed by atoms with van der Waals surface area (Å²) in [7, 11) is 0. The molecular formula is C14H20O10. The topological polar surface area (TPSA) is 157 Å². The van der Waals surface area contributed by atoms with Crippen LogP contribution in [0.15, 0.2) is 0 Å². The molecule has 3 N–H and O–H groups in total. The van der Waals surface area contributed by atoms with Gasteiger partial charge >= 0.3 is 17.7 Å². The molecule has 10 heteroatoms. The van der Waals surface area contributed by atoms with Crippen LogP contribution in [0.4, 0.5) is 0 Å². The van der Waals surface area contributed by atoms with Crippen molar-refractivity contribution < 1.29 is 48.7 Å². The Morgan fingerprint density at radius 2 is 1.46 bits per heavy atom. The van der Waals surface area contributed by atoms with Crippen molar-refractivity contribution in [2.45, 2.75) is 57.4 Å². The van der Waals surface area contributed by atoms with Gasteiger partial charge in [-0.25, -0.2) is 0 Å². The number of hydrogen-bond donors (Lipinski definition) is 3. The van der Waals surface area contributed by atoms with E-state index in [0.29, 0.717) is 0 Å². The largest absolute Gasteiger partial charge is 0.441 e. The predicted molar refractivity (Wildman–Crippen MR) is 74.3 cm³/mol. The lowest BCUT2D eigenvalue weighted by Gasteiger charge is -2.53. The standard InChI is InChI=1S/C14H20O10/c1-6(16)13(22-8(3)18)12(21)11(20)10(5-15)24-14(13,7(2)17)23-9(4)19/h10-12,15,20-21H,5H2,1-4H3/t10-,11-,12+,13-,14+/m1/s1. The zero-order chi connectivity index (χ0) is 18.9. The number of carbonyl (C=O) groups is 4. The minimum absolute atomic E-state index is 0.864. The van der Waals surface area contributed by atoms with E-state index in [0.717, 1.165) is 27.7 Å². The first-order valence-electron chi connectivity index (χ1n) is 7.02. The second-order valence-corrected chi connectivity index (χ2v) is 5.43. The second-order valence-electron chi connectivity index (χ2n) is 5.43. The molecule has 0 bridgehead atoms. The maximum absolute atomic E-state index is 12.3. The van der Waals surface area contributed by atoms with Crippen LogP contribution in [0.25, 0.3) is 0 Å². The summed E-state index contributed by atoms with van der Waals surface area (Å²) in [6.07, 6.45) is -5.68. The van der Waals surface area contributed by atoms with Crippen molar-refractivity contribution in [2.75, 3.05) is 6.61 Å². The number of esters is 2. The van der Waals surface area contributed by atoms with Crippen molar-refractivity contribution in [2.24, 2.45) is 0 Å². The first kappa shape index (κ1) is 20.2. The molecule has 24 heavy (non-hydrogen) atoms. The van der Waals surface area contributed by atoms with Crippen LogP contribution in [0.1, 0.15) is 27.7 Å². The second kappa shape index (κ2) is 6.93. The Morgan fingerprint density at radius 3 is 1.79 bits per heavy atom. The van der Waals surface area contributed by atoms with Crippen LogP contribution >= 0.6 is 0 Å². The molecule has 0 aliphatic carbocycles. The minimum atomic E-state index is -2.86. The number of hydrogen-bond acceptors (Lipinski definition) is 10. The highest BCUT2D eigenvalue weighted by Crippen LogP contribution is 2.43. The number of aliphatic hydroxyl groups excluding tert-OH is 3. The molecule has 0 unspecified atom stereocenters. The number of Topliss-reactive ketones (excluding diaryl/α,β-unsaturated/α-hetero) is 2. The summed E-state index contributed by atoms with van der Waals surface area (Å²) in [4.78, 5) is 47.5. The number of aliphatic hydroxyl groups is 3. The summed E-state index contributed by atoms with van der Waals surface area (Å²) in [5.74, 6) is -7.22. The lowest BCUT2D eigenvalue weighted by molar-refractivity contribution is -0.358. The van der Waals surface area contributed by atoms with E-state index in [9.17, 15) is 34.5 Å². The smallest absolute Gasteiger partial charge is 0.324 e. The number of rotatable bonds is 5. The zero-order valence-corrected chi connectivity index (χ0v) is 13.6. The van der Waals surface area contributed by atoms with Gasteiger partial charge in [0.2, 0.25) is 5.78 Å². The maximum atomic E-state index is 12.3. The molecule has 0 saturated carbocycles. The molecule has 0 amide bonds. The molecule has 0 aromatic heterocycles. The van der Waals surface area contributed by atoms with Crippen LogP contribution in [-0.2, 0) is 33.4 Å². The highest BCUT2D eigenvalue weighted by Gasteiger charge is 2.74. The first-order valence-corrected chi connectivity index (χ1v) is 7.02. The van der Waals surface area contributed by atoms with Gasteiger partial charge in [0.1, 0.15) is 18.3 Å². The van der Waals surface area contributed by atoms with Crippen LogP contribution in [0.2, 0.25) is 0 Å². The summed E-state index contributed by atoms with van der Waals surface area (Å²) in [6, 6.07) is 0. The molecule has 136 valence electrons. The molecule has 1 heterocycles. The first-order chi connectivity index (χ1) is 11.0.